The molecule has 0 saturated heterocycles. The lowest BCUT2D eigenvalue weighted by Crippen LogP contribution is -2.52. The van der Waals surface area contributed by atoms with Gasteiger partial charge in [-0.15, -0.1) is 0 Å². The lowest BCUT2D eigenvalue weighted by Gasteiger charge is -2.33. The normalized spacial score (nSPS) is 13.0. The van der Waals surface area contributed by atoms with Crippen molar-refractivity contribution in [3.8, 4) is 0 Å². The molecule has 0 aliphatic carbocycles. The van der Waals surface area contributed by atoms with Crippen LogP contribution in [0.15, 0.2) is 91.0 Å². The number of nitrogens with zero attached hydrogens (tertiary/aromatic N) is 2. The Bertz CT molecular complexity index is 1480. The molecule has 0 aromatic heterocycles. The Hall–Kier alpha value is -4.45. The van der Waals surface area contributed by atoms with Crippen molar-refractivity contribution in [3.63, 3.8) is 0 Å². The summed E-state index contributed by atoms with van der Waals surface area (Å²) >= 11 is 0. The third-order valence-electron chi connectivity index (χ3n) is 7.06. The van der Waals surface area contributed by atoms with Crippen LogP contribution in [-0.2, 0) is 22.6 Å². The zero-order chi connectivity index (χ0) is 25.9. The molecule has 4 aromatic rings. The number of nitrogens with one attached hydrogen (secondary N) is 1. The summed E-state index contributed by atoms with van der Waals surface area (Å²) in [4.78, 5) is 43.7. The molecule has 1 atom stereocenters. The molecular weight excluding hydrogens is 462 g/mol. The molecule has 1 aliphatic rings. The van der Waals surface area contributed by atoms with E-state index in [9.17, 15) is 14.4 Å². The van der Waals surface area contributed by atoms with Gasteiger partial charge in [0.1, 0.15) is 12.6 Å². The second kappa shape index (κ2) is 10.3. The highest BCUT2D eigenvalue weighted by Crippen LogP contribution is 2.37. The number of hydrogen-bond acceptors (Lipinski definition) is 3. The van der Waals surface area contributed by atoms with Crippen LogP contribution >= 0.6 is 0 Å². The molecule has 3 amide bonds. The van der Waals surface area contributed by atoms with E-state index in [1.807, 2.05) is 91.9 Å². The second-order valence-corrected chi connectivity index (χ2v) is 9.34. The van der Waals surface area contributed by atoms with E-state index in [1.165, 1.54) is 4.90 Å². The first-order chi connectivity index (χ1) is 18.0. The van der Waals surface area contributed by atoms with Gasteiger partial charge in [0.25, 0.3) is 5.91 Å². The third-order valence-corrected chi connectivity index (χ3v) is 7.06. The quantitative estimate of drug-likeness (QED) is 0.395. The zero-order valence-electron chi connectivity index (χ0n) is 21.0. The molecule has 0 bridgehead atoms. The predicted octanol–water partition coefficient (Wildman–Crippen LogP) is 4.49. The Morgan fingerprint density at radius 3 is 2.32 bits per heavy atom. The molecule has 0 fully saturated rings. The van der Waals surface area contributed by atoms with Gasteiger partial charge in [-0.25, -0.2) is 0 Å². The average Bonchev–Trinajstić information content (AvgIpc) is 3.19. The van der Waals surface area contributed by atoms with Crippen LogP contribution in [0.1, 0.15) is 27.0 Å². The van der Waals surface area contributed by atoms with Crippen molar-refractivity contribution in [1.82, 2.24) is 10.2 Å². The Morgan fingerprint density at radius 2 is 1.59 bits per heavy atom. The maximum Gasteiger partial charge on any atom is 0.259 e. The molecule has 6 heteroatoms. The predicted molar refractivity (Wildman–Crippen MR) is 145 cm³/mol. The van der Waals surface area contributed by atoms with Gasteiger partial charge in [-0.1, -0.05) is 78.9 Å². The Kier molecular flexibility index (Phi) is 6.73. The van der Waals surface area contributed by atoms with Gasteiger partial charge in [0.2, 0.25) is 11.8 Å². The van der Waals surface area contributed by atoms with Gasteiger partial charge in [0, 0.05) is 31.0 Å². The van der Waals surface area contributed by atoms with Gasteiger partial charge in [-0.2, -0.15) is 0 Å². The first kappa shape index (κ1) is 24.3. The number of amides is 3. The summed E-state index contributed by atoms with van der Waals surface area (Å²) < 4.78 is 0. The highest BCUT2D eigenvalue weighted by atomic mass is 16.2. The fourth-order valence-electron chi connectivity index (χ4n) is 5.05. The Balaban J connectivity index is 1.51. The lowest BCUT2D eigenvalue weighted by atomic mass is 10.0. The van der Waals surface area contributed by atoms with Crippen LogP contribution < -0.4 is 10.2 Å². The summed E-state index contributed by atoms with van der Waals surface area (Å²) in [7, 11) is 1.58. The average molecular weight is 492 g/mol. The fourth-order valence-corrected chi connectivity index (χ4v) is 5.05. The largest absolute Gasteiger partial charge is 0.357 e. The Labute approximate surface area is 216 Å². The van der Waals surface area contributed by atoms with Gasteiger partial charge >= 0.3 is 0 Å². The van der Waals surface area contributed by atoms with Gasteiger partial charge in [0.15, 0.2) is 0 Å². The molecule has 0 saturated carbocycles. The molecule has 1 N–H and O–H groups in total. The van der Waals surface area contributed by atoms with E-state index in [0.29, 0.717) is 12.0 Å². The van der Waals surface area contributed by atoms with Crippen molar-refractivity contribution < 1.29 is 14.4 Å². The van der Waals surface area contributed by atoms with Crippen molar-refractivity contribution >= 4 is 34.2 Å². The fraction of sp³-hybridized carbons (Fsp3) is 0.194. The molecule has 186 valence electrons. The van der Waals surface area contributed by atoms with Gasteiger partial charge in [-0.3, -0.25) is 19.3 Å². The minimum absolute atomic E-state index is 0.152. The standard InChI is InChI=1S/C31H29N3O3/c1-21-10-6-7-13-24(21)19-33(27(30(36)32-2)18-22-11-4-3-5-12-22)28(35)20-34-26-17-9-15-23-14-8-16-25(29(23)26)31(34)37/h3-17,27H,18-20H2,1-2H3,(H,32,36)/t27-/m1/s1. The topological polar surface area (TPSA) is 69.7 Å². The number of likely N-dealkylation sites (N-methyl/N-ethyl adjacent to an activating group) is 1. The van der Waals surface area contributed by atoms with Crippen molar-refractivity contribution in [2.75, 3.05) is 18.5 Å². The van der Waals surface area contributed by atoms with Crippen molar-refractivity contribution in [1.29, 1.82) is 0 Å². The highest BCUT2D eigenvalue weighted by molar-refractivity contribution is 6.26. The number of carbonyl (C=O) groups is 3. The maximum atomic E-state index is 14.0. The smallest absolute Gasteiger partial charge is 0.259 e. The first-order valence-electron chi connectivity index (χ1n) is 12.4. The minimum Gasteiger partial charge on any atom is -0.357 e. The molecule has 0 radical (unpaired) electrons. The summed E-state index contributed by atoms with van der Waals surface area (Å²) in [6.07, 6.45) is 0.363. The number of carbonyl (C=O) groups excluding carboxylic acids is 3. The molecule has 1 heterocycles. The van der Waals surface area contributed by atoms with E-state index in [0.717, 1.165) is 33.2 Å². The molecule has 4 aromatic carbocycles. The van der Waals surface area contributed by atoms with E-state index >= 15 is 0 Å². The lowest BCUT2D eigenvalue weighted by molar-refractivity contribution is -0.140. The summed E-state index contributed by atoms with van der Waals surface area (Å²) in [5.41, 5.74) is 4.26. The SMILES string of the molecule is CNC(=O)[C@@H](Cc1ccccc1)N(Cc1ccccc1C)C(=O)CN1C(=O)c2cccc3cccc1c23. The Morgan fingerprint density at radius 1 is 0.892 bits per heavy atom. The van der Waals surface area contributed by atoms with Crippen LogP contribution in [0.2, 0.25) is 0 Å². The van der Waals surface area contributed by atoms with E-state index < -0.39 is 6.04 Å². The van der Waals surface area contributed by atoms with Crippen molar-refractivity contribution in [2.45, 2.75) is 25.9 Å². The van der Waals surface area contributed by atoms with Gasteiger partial charge < -0.3 is 10.2 Å². The first-order valence-corrected chi connectivity index (χ1v) is 12.4. The summed E-state index contributed by atoms with van der Waals surface area (Å²) in [5, 5.41) is 4.56. The molecule has 0 spiro atoms. The van der Waals surface area contributed by atoms with E-state index in [4.69, 9.17) is 0 Å². The molecule has 1 aliphatic heterocycles. The summed E-state index contributed by atoms with van der Waals surface area (Å²) in [6, 6.07) is 28.1. The highest BCUT2D eigenvalue weighted by Gasteiger charge is 2.35. The number of hydrogen-bond donors (Lipinski definition) is 1. The summed E-state index contributed by atoms with van der Waals surface area (Å²) in [5.74, 6) is -0.731. The van der Waals surface area contributed by atoms with E-state index in [1.54, 1.807) is 18.0 Å². The molecule has 5 rings (SSSR count). The van der Waals surface area contributed by atoms with Crippen LogP contribution in [0.4, 0.5) is 5.69 Å². The zero-order valence-corrected chi connectivity index (χ0v) is 21.0. The summed E-state index contributed by atoms with van der Waals surface area (Å²) in [6.45, 7) is 2.10. The van der Waals surface area contributed by atoms with Crippen molar-refractivity contribution in [3.05, 3.63) is 113 Å². The number of aryl methyl sites for hydroxylation is 1. The van der Waals surface area contributed by atoms with Crippen LogP contribution in [0, 0.1) is 6.92 Å². The number of anilines is 1. The maximum absolute atomic E-state index is 14.0. The van der Waals surface area contributed by atoms with Crippen LogP contribution in [0.3, 0.4) is 0 Å². The van der Waals surface area contributed by atoms with Gasteiger partial charge in [0.05, 0.1) is 5.69 Å². The van der Waals surface area contributed by atoms with Crippen LogP contribution in [0.25, 0.3) is 10.8 Å². The molecule has 37 heavy (non-hydrogen) atoms. The van der Waals surface area contributed by atoms with Crippen LogP contribution in [-0.4, -0.2) is 42.3 Å². The number of rotatable bonds is 8. The monoisotopic (exact) mass is 491 g/mol. The van der Waals surface area contributed by atoms with Gasteiger partial charge in [-0.05, 0) is 41.1 Å². The molecular formula is C31H29N3O3. The van der Waals surface area contributed by atoms with Crippen LogP contribution in [0.5, 0.6) is 0 Å². The second-order valence-electron chi connectivity index (χ2n) is 9.34. The minimum atomic E-state index is -0.740. The molecule has 6 nitrogen and oxygen atoms in total. The van der Waals surface area contributed by atoms with Crippen molar-refractivity contribution in [2.24, 2.45) is 0 Å². The third kappa shape index (κ3) is 4.70. The number of benzene rings is 4. The molecule has 0 unspecified atom stereocenters. The van der Waals surface area contributed by atoms with E-state index in [2.05, 4.69) is 5.32 Å². The van der Waals surface area contributed by atoms with E-state index in [-0.39, 0.29) is 30.8 Å².